The molecule has 2 aromatic carbocycles. The number of carbonyl (C=O) groups excluding carboxylic acids is 2. The molecule has 2 aromatic heterocycles. The highest BCUT2D eigenvalue weighted by Gasteiger charge is 2.25. The van der Waals surface area contributed by atoms with E-state index in [0.29, 0.717) is 32.8 Å². The first-order chi connectivity index (χ1) is 16.3. The second-order valence-corrected chi connectivity index (χ2v) is 9.24. The van der Waals surface area contributed by atoms with Crippen molar-refractivity contribution in [3.8, 4) is 0 Å². The van der Waals surface area contributed by atoms with Crippen molar-refractivity contribution in [1.29, 1.82) is 0 Å². The lowest BCUT2D eigenvalue weighted by molar-refractivity contribution is -0.119. The fourth-order valence-corrected chi connectivity index (χ4v) is 5.00. The Bertz CT molecular complexity index is 1440. The Labute approximate surface area is 201 Å². The van der Waals surface area contributed by atoms with Gasteiger partial charge in [0.05, 0.1) is 16.6 Å². The van der Waals surface area contributed by atoms with Gasteiger partial charge in [-0.1, -0.05) is 42.8 Å². The van der Waals surface area contributed by atoms with Crippen LogP contribution >= 0.6 is 11.3 Å². The van der Waals surface area contributed by atoms with Crippen LogP contribution in [0.4, 0.5) is 11.4 Å². The standard InChI is InChI=1S/C26H26N4O3S/c1-5-20(23(31)28-18-9-7-6-8-10-18)30-14-27-25-21(26(30)33)17(4)22(34-25)24(32)29-19-12-11-15(2)13-16(19)3/h6-14,20H,5H2,1-4H3,(H,28,31)(H,29,32). The Morgan fingerprint density at radius 3 is 2.47 bits per heavy atom. The third kappa shape index (κ3) is 4.49. The van der Waals surface area contributed by atoms with Gasteiger partial charge in [-0.15, -0.1) is 11.3 Å². The highest BCUT2D eigenvalue weighted by Crippen LogP contribution is 2.29. The normalized spacial score (nSPS) is 11.9. The molecule has 174 valence electrons. The third-order valence-corrected chi connectivity index (χ3v) is 6.98. The molecule has 0 spiro atoms. The van der Waals surface area contributed by atoms with Crippen molar-refractivity contribution < 1.29 is 9.59 Å². The number of carbonyl (C=O) groups is 2. The van der Waals surface area contributed by atoms with Crippen LogP contribution in [-0.4, -0.2) is 21.4 Å². The average Bonchev–Trinajstić information content (AvgIpc) is 3.15. The van der Waals surface area contributed by atoms with Gasteiger partial charge in [-0.3, -0.25) is 19.0 Å². The van der Waals surface area contributed by atoms with Crippen molar-refractivity contribution in [2.75, 3.05) is 10.6 Å². The molecule has 7 nitrogen and oxygen atoms in total. The summed E-state index contributed by atoms with van der Waals surface area (Å²) in [7, 11) is 0. The Hall–Kier alpha value is -3.78. The van der Waals surface area contributed by atoms with Gasteiger partial charge in [0.1, 0.15) is 10.9 Å². The van der Waals surface area contributed by atoms with Crippen molar-refractivity contribution in [3.63, 3.8) is 0 Å². The molecule has 2 amide bonds. The Morgan fingerprint density at radius 1 is 1.06 bits per heavy atom. The number of nitrogens with one attached hydrogen (secondary N) is 2. The molecule has 4 rings (SSSR count). The van der Waals surface area contributed by atoms with Crippen LogP contribution in [0.15, 0.2) is 59.7 Å². The van der Waals surface area contributed by atoms with Gasteiger partial charge in [-0.2, -0.15) is 0 Å². The molecular formula is C26H26N4O3S. The fraction of sp³-hybridized carbons (Fsp3) is 0.231. The number of benzene rings is 2. The summed E-state index contributed by atoms with van der Waals surface area (Å²) in [5, 5.41) is 6.16. The maximum atomic E-state index is 13.4. The van der Waals surface area contributed by atoms with Crippen molar-refractivity contribution in [3.05, 3.63) is 86.8 Å². The van der Waals surface area contributed by atoms with E-state index in [0.717, 1.165) is 16.8 Å². The predicted molar refractivity (Wildman–Crippen MR) is 137 cm³/mol. The van der Waals surface area contributed by atoms with E-state index >= 15 is 0 Å². The molecule has 0 aliphatic carbocycles. The van der Waals surface area contributed by atoms with E-state index in [1.165, 1.54) is 22.2 Å². The van der Waals surface area contributed by atoms with Crippen molar-refractivity contribution >= 4 is 44.7 Å². The van der Waals surface area contributed by atoms with Crippen LogP contribution in [0.1, 0.15) is 45.7 Å². The zero-order valence-corrected chi connectivity index (χ0v) is 20.3. The van der Waals surface area contributed by atoms with Crippen molar-refractivity contribution in [1.82, 2.24) is 9.55 Å². The Morgan fingerprint density at radius 2 is 1.79 bits per heavy atom. The molecule has 8 heteroatoms. The van der Waals surface area contributed by atoms with E-state index in [4.69, 9.17) is 0 Å². The number of thiophene rings is 1. The van der Waals surface area contributed by atoms with Crippen LogP contribution in [0.2, 0.25) is 0 Å². The van der Waals surface area contributed by atoms with E-state index in [9.17, 15) is 14.4 Å². The highest BCUT2D eigenvalue weighted by atomic mass is 32.1. The lowest BCUT2D eigenvalue weighted by Crippen LogP contribution is -2.33. The van der Waals surface area contributed by atoms with Crippen molar-refractivity contribution in [2.24, 2.45) is 0 Å². The van der Waals surface area contributed by atoms with Gasteiger partial charge in [0.2, 0.25) is 5.91 Å². The molecule has 0 bridgehead atoms. The number of fused-ring (bicyclic) bond motifs is 1. The number of anilines is 2. The number of aryl methyl sites for hydroxylation is 3. The zero-order chi connectivity index (χ0) is 24.4. The Balaban J connectivity index is 1.67. The number of nitrogens with zero attached hydrogens (tertiary/aromatic N) is 2. The summed E-state index contributed by atoms with van der Waals surface area (Å²) in [6.45, 7) is 7.52. The summed E-state index contributed by atoms with van der Waals surface area (Å²) in [6.07, 6.45) is 1.81. The largest absolute Gasteiger partial charge is 0.324 e. The molecule has 0 saturated heterocycles. The molecular weight excluding hydrogens is 448 g/mol. The smallest absolute Gasteiger partial charge is 0.266 e. The van der Waals surface area contributed by atoms with E-state index in [-0.39, 0.29) is 17.4 Å². The Kier molecular flexibility index (Phi) is 6.61. The number of amides is 2. The molecule has 2 N–H and O–H groups in total. The van der Waals surface area contributed by atoms with Gasteiger partial charge in [0.15, 0.2) is 0 Å². The van der Waals surface area contributed by atoms with E-state index in [1.807, 2.05) is 57.2 Å². The van der Waals surface area contributed by atoms with Gasteiger partial charge in [0.25, 0.3) is 11.5 Å². The first kappa shape index (κ1) is 23.4. The number of hydrogen-bond donors (Lipinski definition) is 2. The molecule has 34 heavy (non-hydrogen) atoms. The molecule has 1 atom stereocenters. The molecule has 0 radical (unpaired) electrons. The zero-order valence-electron chi connectivity index (χ0n) is 19.5. The highest BCUT2D eigenvalue weighted by molar-refractivity contribution is 7.20. The third-order valence-electron chi connectivity index (χ3n) is 5.78. The summed E-state index contributed by atoms with van der Waals surface area (Å²) < 4.78 is 1.35. The van der Waals surface area contributed by atoms with Crippen molar-refractivity contribution in [2.45, 2.75) is 40.2 Å². The average molecular weight is 475 g/mol. The second kappa shape index (κ2) is 9.61. The summed E-state index contributed by atoms with van der Waals surface area (Å²) in [6, 6.07) is 14.2. The van der Waals surface area contributed by atoms with Gasteiger partial charge in [-0.05, 0) is 56.5 Å². The summed E-state index contributed by atoms with van der Waals surface area (Å²) in [5.41, 5.74) is 3.68. The number of rotatable bonds is 6. The summed E-state index contributed by atoms with van der Waals surface area (Å²) >= 11 is 1.18. The monoisotopic (exact) mass is 474 g/mol. The molecule has 2 heterocycles. The molecule has 0 fully saturated rings. The minimum Gasteiger partial charge on any atom is -0.324 e. The quantitative estimate of drug-likeness (QED) is 0.400. The minimum atomic E-state index is -0.726. The lowest BCUT2D eigenvalue weighted by Gasteiger charge is -2.17. The van der Waals surface area contributed by atoms with Gasteiger partial charge in [0, 0.05) is 11.4 Å². The first-order valence-corrected chi connectivity index (χ1v) is 11.9. The van der Waals surface area contributed by atoms with E-state index in [2.05, 4.69) is 15.6 Å². The van der Waals surface area contributed by atoms with Crippen LogP contribution in [0.5, 0.6) is 0 Å². The summed E-state index contributed by atoms with van der Waals surface area (Å²) in [5.74, 6) is -0.579. The van der Waals surface area contributed by atoms with Crippen LogP contribution in [0.25, 0.3) is 10.2 Å². The van der Waals surface area contributed by atoms with Crippen LogP contribution in [0.3, 0.4) is 0 Å². The topological polar surface area (TPSA) is 93.1 Å². The number of para-hydroxylation sites is 1. The molecule has 0 aliphatic rings. The first-order valence-electron chi connectivity index (χ1n) is 11.0. The second-order valence-electron chi connectivity index (χ2n) is 8.25. The van der Waals surface area contributed by atoms with Crippen LogP contribution in [0, 0.1) is 20.8 Å². The van der Waals surface area contributed by atoms with E-state index < -0.39 is 6.04 Å². The maximum Gasteiger partial charge on any atom is 0.266 e. The van der Waals surface area contributed by atoms with Gasteiger partial charge < -0.3 is 10.6 Å². The maximum absolute atomic E-state index is 13.4. The molecule has 0 saturated carbocycles. The summed E-state index contributed by atoms with van der Waals surface area (Å²) in [4.78, 5) is 44.7. The molecule has 1 unspecified atom stereocenters. The van der Waals surface area contributed by atoms with Gasteiger partial charge >= 0.3 is 0 Å². The molecule has 0 aliphatic heterocycles. The van der Waals surface area contributed by atoms with Crippen LogP contribution < -0.4 is 16.2 Å². The fourth-order valence-electron chi connectivity index (χ4n) is 3.96. The predicted octanol–water partition coefficient (Wildman–Crippen LogP) is 5.23. The van der Waals surface area contributed by atoms with E-state index in [1.54, 1.807) is 19.1 Å². The number of hydrogen-bond acceptors (Lipinski definition) is 5. The van der Waals surface area contributed by atoms with Crippen LogP contribution in [-0.2, 0) is 4.79 Å². The molecule has 4 aromatic rings. The van der Waals surface area contributed by atoms with Gasteiger partial charge in [-0.25, -0.2) is 4.98 Å². The number of aromatic nitrogens is 2. The lowest BCUT2D eigenvalue weighted by atomic mass is 10.1. The SMILES string of the molecule is CCC(C(=O)Nc1ccccc1)n1cnc2sc(C(=O)Nc3ccc(C)cc3C)c(C)c2c1=O. The minimum absolute atomic E-state index is 0.285.